The van der Waals surface area contributed by atoms with E-state index >= 15 is 0 Å². The lowest BCUT2D eigenvalue weighted by atomic mass is 9.90. The van der Waals surface area contributed by atoms with E-state index in [1.54, 1.807) is 6.21 Å². The molecule has 0 saturated heterocycles. The minimum atomic E-state index is -1.000. The first-order chi connectivity index (χ1) is 7.16. The summed E-state index contributed by atoms with van der Waals surface area (Å²) < 4.78 is 0. The van der Waals surface area contributed by atoms with Crippen molar-refractivity contribution in [1.82, 2.24) is 5.43 Å². The van der Waals surface area contributed by atoms with Crippen LogP contribution >= 0.6 is 0 Å². The van der Waals surface area contributed by atoms with Crippen LogP contribution in [0.1, 0.15) is 25.7 Å². The SMILES string of the molecule is NC(=O)C(=O)N/N=C\[C@H]1C[C@@H]2CC[C@H]1C2. The number of hydrogen-bond donors (Lipinski definition) is 2. The van der Waals surface area contributed by atoms with E-state index in [-0.39, 0.29) is 0 Å². The average Bonchev–Trinajstić information content (AvgIpc) is 2.78. The van der Waals surface area contributed by atoms with Gasteiger partial charge in [-0.05, 0) is 37.0 Å². The molecule has 5 heteroatoms. The average molecular weight is 209 g/mol. The smallest absolute Gasteiger partial charge is 0.329 e. The highest BCUT2D eigenvalue weighted by molar-refractivity contribution is 6.34. The predicted octanol–water partition coefficient (Wildman–Crippen LogP) is 0.00990. The molecule has 2 aliphatic carbocycles. The molecule has 2 saturated carbocycles. The van der Waals surface area contributed by atoms with E-state index in [9.17, 15) is 9.59 Å². The second-order valence-electron chi connectivity index (χ2n) is 4.42. The Hall–Kier alpha value is -1.39. The van der Waals surface area contributed by atoms with Crippen LogP contribution in [0.2, 0.25) is 0 Å². The summed E-state index contributed by atoms with van der Waals surface area (Å²) in [4.78, 5) is 21.2. The van der Waals surface area contributed by atoms with Gasteiger partial charge in [-0.3, -0.25) is 9.59 Å². The number of carbonyl (C=O) groups is 2. The Morgan fingerprint density at radius 2 is 2.13 bits per heavy atom. The number of hydrogen-bond acceptors (Lipinski definition) is 3. The number of carbonyl (C=O) groups excluding carboxylic acids is 2. The number of nitrogens with zero attached hydrogens (tertiary/aromatic N) is 1. The third-order valence-electron chi connectivity index (χ3n) is 3.45. The highest BCUT2D eigenvalue weighted by atomic mass is 16.2. The first kappa shape index (κ1) is 10.1. The molecule has 15 heavy (non-hydrogen) atoms. The number of primary amides is 1. The van der Waals surface area contributed by atoms with E-state index in [0.717, 1.165) is 11.8 Å². The van der Waals surface area contributed by atoms with Crippen molar-refractivity contribution in [1.29, 1.82) is 0 Å². The van der Waals surface area contributed by atoms with Crippen molar-refractivity contribution in [3.8, 4) is 0 Å². The normalized spacial score (nSPS) is 33.5. The fourth-order valence-corrected chi connectivity index (χ4v) is 2.72. The minimum Gasteiger partial charge on any atom is -0.361 e. The van der Waals surface area contributed by atoms with E-state index in [1.165, 1.54) is 25.7 Å². The Labute approximate surface area is 88.1 Å². The minimum absolute atomic E-state index is 0.469. The number of nitrogens with one attached hydrogen (secondary N) is 1. The quantitative estimate of drug-likeness (QED) is 0.381. The maximum Gasteiger partial charge on any atom is 0.329 e. The van der Waals surface area contributed by atoms with Crippen molar-refractivity contribution in [3.05, 3.63) is 0 Å². The fourth-order valence-electron chi connectivity index (χ4n) is 2.72. The second-order valence-corrected chi connectivity index (χ2v) is 4.42. The first-order valence-electron chi connectivity index (χ1n) is 5.29. The van der Waals surface area contributed by atoms with E-state index < -0.39 is 11.8 Å². The first-order valence-corrected chi connectivity index (χ1v) is 5.29. The summed E-state index contributed by atoms with van der Waals surface area (Å²) in [7, 11) is 0. The summed E-state index contributed by atoms with van der Waals surface area (Å²) in [6, 6.07) is 0. The lowest BCUT2D eigenvalue weighted by molar-refractivity contribution is -0.137. The van der Waals surface area contributed by atoms with Gasteiger partial charge in [-0.15, -0.1) is 0 Å². The van der Waals surface area contributed by atoms with Crippen LogP contribution in [0.3, 0.4) is 0 Å². The summed E-state index contributed by atoms with van der Waals surface area (Å²) in [5, 5.41) is 3.77. The maximum atomic E-state index is 10.8. The third kappa shape index (κ3) is 2.16. The molecule has 2 aliphatic rings. The molecular formula is C10H15N3O2. The number of rotatable bonds is 2. The van der Waals surface area contributed by atoms with Crippen LogP contribution in [-0.4, -0.2) is 18.0 Å². The van der Waals surface area contributed by atoms with Crippen LogP contribution in [0.4, 0.5) is 0 Å². The third-order valence-corrected chi connectivity index (χ3v) is 3.45. The van der Waals surface area contributed by atoms with Crippen molar-refractivity contribution < 1.29 is 9.59 Å². The van der Waals surface area contributed by atoms with Crippen molar-refractivity contribution in [2.24, 2.45) is 28.6 Å². The molecule has 3 atom stereocenters. The molecule has 3 N–H and O–H groups in total. The molecule has 0 unspecified atom stereocenters. The molecule has 0 aromatic rings. The predicted molar refractivity (Wildman–Crippen MR) is 54.8 cm³/mol. The van der Waals surface area contributed by atoms with Gasteiger partial charge in [0.05, 0.1) is 0 Å². The molecule has 2 rings (SSSR count). The number of amides is 2. The lowest BCUT2D eigenvalue weighted by Gasteiger charge is -2.16. The summed E-state index contributed by atoms with van der Waals surface area (Å²) in [5.41, 5.74) is 6.89. The van der Waals surface area contributed by atoms with Crippen LogP contribution in [0, 0.1) is 17.8 Å². The molecule has 0 aliphatic heterocycles. The summed E-state index contributed by atoms with van der Waals surface area (Å²) >= 11 is 0. The molecule has 2 fully saturated rings. The van der Waals surface area contributed by atoms with Crippen molar-refractivity contribution in [3.63, 3.8) is 0 Å². The second kappa shape index (κ2) is 4.00. The highest BCUT2D eigenvalue weighted by Crippen LogP contribution is 2.47. The van der Waals surface area contributed by atoms with Crippen molar-refractivity contribution in [2.75, 3.05) is 0 Å². The van der Waals surface area contributed by atoms with E-state index in [0.29, 0.717) is 5.92 Å². The van der Waals surface area contributed by atoms with Crippen LogP contribution in [0.25, 0.3) is 0 Å². The summed E-state index contributed by atoms with van der Waals surface area (Å²) in [5.74, 6) is 0.189. The maximum absolute atomic E-state index is 10.8. The Balaban J connectivity index is 1.80. The van der Waals surface area contributed by atoms with Gasteiger partial charge in [-0.2, -0.15) is 5.10 Å². The van der Waals surface area contributed by atoms with Crippen LogP contribution in [0.15, 0.2) is 5.10 Å². The van der Waals surface area contributed by atoms with Gasteiger partial charge >= 0.3 is 11.8 Å². The summed E-state index contributed by atoms with van der Waals surface area (Å²) in [6.07, 6.45) is 6.82. The zero-order valence-corrected chi connectivity index (χ0v) is 8.48. The fraction of sp³-hybridized carbons (Fsp3) is 0.700. The van der Waals surface area contributed by atoms with Gasteiger partial charge in [-0.25, -0.2) is 5.43 Å². The van der Waals surface area contributed by atoms with Gasteiger partial charge in [0.1, 0.15) is 0 Å². The van der Waals surface area contributed by atoms with E-state index in [4.69, 9.17) is 5.73 Å². The van der Waals surface area contributed by atoms with Crippen LogP contribution in [0.5, 0.6) is 0 Å². The molecular weight excluding hydrogens is 194 g/mol. The molecule has 0 aromatic carbocycles. The largest absolute Gasteiger partial charge is 0.361 e. The standard InChI is InChI=1S/C10H15N3O2/c11-9(14)10(15)13-12-5-8-4-6-1-2-7(8)3-6/h5-8H,1-4H2,(H2,11,14)(H,13,15)/b12-5-/t6-,7+,8-/m1/s1. The van der Waals surface area contributed by atoms with Crippen LogP contribution in [-0.2, 0) is 9.59 Å². The Bertz CT molecular complexity index is 314. The highest BCUT2D eigenvalue weighted by Gasteiger charge is 2.38. The monoisotopic (exact) mass is 209 g/mol. The van der Waals surface area contributed by atoms with Gasteiger partial charge in [-0.1, -0.05) is 6.42 Å². The Kier molecular flexibility index (Phi) is 2.70. The van der Waals surface area contributed by atoms with Gasteiger partial charge in [0, 0.05) is 6.21 Å². The molecule has 82 valence electrons. The number of hydrazone groups is 1. The molecule has 5 nitrogen and oxygen atoms in total. The summed E-state index contributed by atoms with van der Waals surface area (Å²) in [6.45, 7) is 0. The van der Waals surface area contributed by atoms with Crippen molar-refractivity contribution in [2.45, 2.75) is 25.7 Å². The molecule has 0 radical (unpaired) electrons. The Morgan fingerprint density at radius 1 is 1.33 bits per heavy atom. The zero-order valence-electron chi connectivity index (χ0n) is 8.48. The van der Waals surface area contributed by atoms with Crippen molar-refractivity contribution >= 4 is 18.0 Å². The topological polar surface area (TPSA) is 84.5 Å². The molecule has 2 amide bonds. The van der Waals surface area contributed by atoms with Gasteiger partial charge < -0.3 is 5.73 Å². The van der Waals surface area contributed by atoms with E-state index in [2.05, 4.69) is 10.5 Å². The molecule has 0 heterocycles. The molecule has 2 bridgehead atoms. The van der Waals surface area contributed by atoms with Gasteiger partial charge in [0.15, 0.2) is 0 Å². The zero-order chi connectivity index (χ0) is 10.8. The number of nitrogens with two attached hydrogens (primary N) is 1. The van der Waals surface area contributed by atoms with Gasteiger partial charge in [0.25, 0.3) is 0 Å². The lowest BCUT2D eigenvalue weighted by Crippen LogP contribution is -2.33. The number of fused-ring (bicyclic) bond motifs is 2. The van der Waals surface area contributed by atoms with E-state index in [1.807, 2.05) is 0 Å². The Morgan fingerprint density at radius 3 is 2.67 bits per heavy atom. The molecule has 0 aromatic heterocycles. The molecule has 0 spiro atoms. The van der Waals surface area contributed by atoms with Crippen LogP contribution < -0.4 is 11.2 Å². The van der Waals surface area contributed by atoms with Gasteiger partial charge in [0.2, 0.25) is 0 Å².